The topological polar surface area (TPSA) is 48.7 Å². The van der Waals surface area contributed by atoms with E-state index in [0.29, 0.717) is 5.56 Å². The Labute approximate surface area is 129 Å². The molecule has 106 valence electrons. The Kier molecular flexibility index (Phi) is 4.12. The zero-order chi connectivity index (χ0) is 15.2. The van der Waals surface area contributed by atoms with Crippen LogP contribution in [0.4, 0.5) is 5.69 Å². The molecule has 0 fully saturated rings. The lowest BCUT2D eigenvalue weighted by molar-refractivity contribution is 0.887. The molecule has 1 N–H and O–H groups in total. The minimum absolute atomic E-state index is 0.0589. The predicted octanol–water partition coefficient (Wildman–Crippen LogP) is 4.15. The number of hydrogen-bond donors (Lipinski definition) is 1. The highest BCUT2D eigenvalue weighted by molar-refractivity contribution is 5.52. The standard InChI is InChI=1S/C19H15N3/c20-14-15-7-6-10-17(13-15)22-19(16-8-2-1-3-9-16)18-11-4-5-12-21-18/h1-13,19,22H. The first-order valence-corrected chi connectivity index (χ1v) is 7.09. The molecule has 0 saturated heterocycles. The lowest BCUT2D eigenvalue weighted by Gasteiger charge is -2.20. The Morgan fingerprint density at radius 2 is 1.73 bits per heavy atom. The number of rotatable bonds is 4. The van der Waals surface area contributed by atoms with Crippen LogP contribution in [-0.4, -0.2) is 4.98 Å². The van der Waals surface area contributed by atoms with Gasteiger partial charge in [0.2, 0.25) is 0 Å². The maximum Gasteiger partial charge on any atom is 0.0992 e. The van der Waals surface area contributed by atoms with Gasteiger partial charge >= 0.3 is 0 Å². The number of pyridine rings is 1. The van der Waals surface area contributed by atoms with Crippen LogP contribution in [0.1, 0.15) is 22.9 Å². The van der Waals surface area contributed by atoms with E-state index in [1.807, 2.05) is 54.6 Å². The molecule has 0 aliphatic heterocycles. The summed E-state index contributed by atoms with van der Waals surface area (Å²) in [4.78, 5) is 4.47. The SMILES string of the molecule is N#Cc1cccc(NC(c2ccccc2)c2ccccn2)c1. The number of nitrogens with one attached hydrogen (secondary N) is 1. The highest BCUT2D eigenvalue weighted by atomic mass is 14.9. The molecule has 0 aliphatic rings. The second kappa shape index (κ2) is 6.55. The van der Waals surface area contributed by atoms with Crippen molar-refractivity contribution in [1.29, 1.82) is 5.26 Å². The van der Waals surface area contributed by atoms with E-state index >= 15 is 0 Å². The monoisotopic (exact) mass is 285 g/mol. The van der Waals surface area contributed by atoms with Crippen LogP contribution in [0.15, 0.2) is 79.0 Å². The van der Waals surface area contributed by atoms with Gasteiger partial charge in [-0.15, -0.1) is 0 Å². The summed E-state index contributed by atoms with van der Waals surface area (Å²) < 4.78 is 0. The molecule has 1 atom stereocenters. The van der Waals surface area contributed by atoms with Gasteiger partial charge in [-0.05, 0) is 35.9 Å². The Bertz CT molecular complexity index is 737. The smallest absolute Gasteiger partial charge is 0.0992 e. The fraction of sp³-hybridized carbons (Fsp3) is 0.0526. The van der Waals surface area contributed by atoms with Crippen molar-refractivity contribution in [1.82, 2.24) is 4.98 Å². The van der Waals surface area contributed by atoms with Crippen LogP contribution in [0, 0.1) is 11.3 Å². The Balaban J connectivity index is 1.97. The number of hydrogen-bond acceptors (Lipinski definition) is 3. The van der Waals surface area contributed by atoms with Crippen LogP contribution in [0.2, 0.25) is 0 Å². The van der Waals surface area contributed by atoms with Gasteiger partial charge in [0.15, 0.2) is 0 Å². The molecular weight excluding hydrogens is 270 g/mol. The molecule has 3 nitrogen and oxygen atoms in total. The lowest BCUT2D eigenvalue weighted by atomic mass is 10.0. The van der Waals surface area contributed by atoms with E-state index in [9.17, 15) is 0 Å². The van der Waals surface area contributed by atoms with E-state index in [-0.39, 0.29) is 6.04 Å². The third-order valence-electron chi connectivity index (χ3n) is 3.42. The van der Waals surface area contributed by atoms with Crippen LogP contribution < -0.4 is 5.32 Å². The average molecular weight is 285 g/mol. The molecule has 0 amide bonds. The summed E-state index contributed by atoms with van der Waals surface area (Å²) in [7, 11) is 0. The molecule has 1 heterocycles. The minimum atomic E-state index is -0.0589. The Hall–Kier alpha value is -3.12. The van der Waals surface area contributed by atoms with E-state index in [1.54, 1.807) is 12.3 Å². The van der Waals surface area contributed by atoms with Gasteiger partial charge < -0.3 is 5.32 Å². The Morgan fingerprint density at radius 3 is 2.45 bits per heavy atom. The highest BCUT2D eigenvalue weighted by Crippen LogP contribution is 2.25. The third-order valence-corrected chi connectivity index (χ3v) is 3.42. The zero-order valence-electron chi connectivity index (χ0n) is 12.0. The summed E-state index contributed by atoms with van der Waals surface area (Å²) in [5.74, 6) is 0. The number of aromatic nitrogens is 1. The second-order valence-electron chi connectivity index (χ2n) is 4.94. The molecular formula is C19H15N3. The maximum absolute atomic E-state index is 9.04. The van der Waals surface area contributed by atoms with Crippen molar-refractivity contribution in [2.24, 2.45) is 0 Å². The van der Waals surface area contributed by atoms with Crippen LogP contribution in [0.25, 0.3) is 0 Å². The van der Waals surface area contributed by atoms with Crippen LogP contribution in [-0.2, 0) is 0 Å². The van der Waals surface area contributed by atoms with Crippen LogP contribution >= 0.6 is 0 Å². The fourth-order valence-electron chi connectivity index (χ4n) is 2.37. The predicted molar refractivity (Wildman–Crippen MR) is 87.3 cm³/mol. The molecule has 0 aliphatic carbocycles. The van der Waals surface area contributed by atoms with Crippen molar-refractivity contribution < 1.29 is 0 Å². The lowest BCUT2D eigenvalue weighted by Crippen LogP contribution is -2.13. The first-order chi connectivity index (χ1) is 10.9. The van der Waals surface area contributed by atoms with E-state index in [2.05, 4.69) is 28.5 Å². The van der Waals surface area contributed by atoms with Gasteiger partial charge in [-0.1, -0.05) is 42.5 Å². The second-order valence-corrected chi connectivity index (χ2v) is 4.94. The van der Waals surface area contributed by atoms with E-state index in [0.717, 1.165) is 16.9 Å². The Morgan fingerprint density at radius 1 is 0.909 bits per heavy atom. The minimum Gasteiger partial charge on any atom is -0.373 e. The first kappa shape index (κ1) is 13.8. The van der Waals surface area contributed by atoms with Crippen molar-refractivity contribution in [3.8, 4) is 6.07 Å². The van der Waals surface area contributed by atoms with Crippen LogP contribution in [0.3, 0.4) is 0 Å². The normalized spacial score (nSPS) is 11.4. The van der Waals surface area contributed by atoms with Gasteiger partial charge in [0.1, 0.15) is 0 Å². The molecule has 1 aromatic heterocycles. The van der Waals surface area contributed by atoms with E-state index in [1.165, 1.54) is 0 Å². The molecule has 22 heavy (non-hydrogen) atoms. The molecule has 0 spiro atoms. The molecule has 0 saturated carbocycles. The largest absolute Gasteiger partial charge is 0.373 e. The number of benzene rings is 2. The van der Waals surface area contributed by atoms with Crippen molar-refractivity contribution in [3.63, 3.8) is 0 Å². The zero-order valence-corrected chi connectivity index (χ0v) is 12.0. The molecule has 3 heteroatoms. The average Bonchev–Trinajstić information content (AvgIpc) is 2.61. The van der Waals surface area contributed by atoms with Crippen molar-refractivity contribution in [3.05, 3.63) is 95.8 Å². The summed E-state index contributed by atoms with van der Waals surface area (Å²) in [5.41, 5.74) is 3.61. The van der Waals surface area contributed by atoms with E-state index in [4.69, 9.17) is 5.26 Å². The number of anilines is 1. The van der Waals surface area contributed by atoms with Gasteiger partial charge in [-0.3, -0.25) is 4.98 Å². The summed E-state index contributed by atoms with van der Waals surface area (Å²) >= 11 is 0. The first-order valence-electron chi connectivity index (χ1n) is 7.09. The molecule has 0 bridgehead atoms. The van der Waals surface area contributed by atoms with Crippen molar-refractivity contribution >= 4 is 5.69 Å². The quantitative estimate of drug-likeness (QED) is 0.783. The van der Waals surface area contributed by atoms with Crippen LogP contribution in [0.5, 0.6) is 0 Å². The molecule has 2 aromatic carbocycles. The fourth-order valence-corrected chi connectivity index (χ4v) is 2.37. The number of nitriles is 1. The molecule has 0 radical (unpaired) electrons. The van der Waals surface area contributed by atoms with Crippen molar-refractivity contribution in [2.75, 3.05) is 5.32 Å². The highest BCUT2D eigenvalue weighted by Gasteiger charge is 2.14. The van der Waals surface area contributed by atoms with Gasteiger partial charge in [0, 0.05) is 11.9 Å². The number of nitrogens with zero attached hydrogens (tertiary/aromatic N) is 2. The summed E-state index contributed by atoms with van der Waals surface area (Å²) in [6.07, 6.45) is 1.79. The molecule has 3 aromatic rings. The maximum atomic E-state index is 9.04. The summed E-state index contributed by atoms with van der Waals surface area (Å²) in [5, 5.41) is 12.5. The van der Waals surface area contributed by atoms with Gasteiger partial charge in [-0.2, -0.15) is 5.26 Å². The summed E-state index contributed by atoms with van der Waals surface area (Å²) in [6, 6.07) is 25.6. The molecule has 3 rings (SSSR count). The van der Waals surface area contributed by atoms with E-state index < -0.39 is 0 Å². The third kappa shape index (κ3) is 3.13. The van der Waals surface area contributed by atoms with Gasteiger partial charge in [-0.25, -0.2) is 0 Å². The van der Waals surface area contributed by atoms with Gasteiger partial charge in [0.05, 0.1) is 23.4 Å². The molecule has 1 unspecified atom stereocenters. The van der Waals surface area contributed by atoms with Gasteiger partial charge in [0.25, 0.3) is 0 Å². The summed E-state index contributed by atoms with van der Waals surface area (Å²) in [6.45, 7) is 0. The van der Waals surface area contributed by atoms with Crippen molar-refractivity contribution in [2.45, 2.75) is 6.04 Å².